The Hall–Kier alpha value is -5.58. The lowest BCUT2D eigenvalue weighted by Gasteiger charge is -2.71. The molecule has 0 N–H and O–H groups in total. The van der Waals surface area contributed by atoms with Gasteiger partial charge in [0.25, 0.3) is 0 Å². The monoisotopic (exact) mass is 1000 g/mol. The Bertz CT molecular complexity index is 2700. The van der Waals surface area contributed by atoms with Gasteiger partial charge in [-0.05, 0) is 151 Å². The third kappa shape index (κ3) is 9.45. The van der Waals surface area contributed by atoms with Gasteiger partial charge in [-0.15, -0.1) is 0 Å². The van der Waals surface area contributed by atoms with Crippen LogP contribution in [0.1, 0.15) is 156 Å². The second kappa shape index (κ2) is 20.2. The van der Waals surface area contributed by atoms with E-state index in [4.69, 9.17) is 28.4 Å². The fraction of sp³-hybridized carbons (Fsp3) is 0.531. The molecule has 2 unspecified atom stereocenters. The molecule has 4 saturated carbocycles. The molecule has 0 aromatic heterocycles. The average molecular weight is 1010 g/mol. The number of benzene rings is 4. The van der Waals surface area contributed by atoms with Gasteiger partial charge >= 0.3 is 23.9 Å². The van der Waals surface area contributed by atoms with Gasteiger partial charge in [0.2, 0.25) is 0 Å². The second-order valence-electron chi connectivity index (χ2n) is 24.8. The minimum Gasteiger partial charge on any atom is -0.460 e. The Labute approximate surface area is 438 Å². The van der Waals surface area contributed by atoms with Crippen molar-refractivity contribution in [2.45, 2.75) is 156 Å². The summed E-state index contributed by atoms with van der Waals surface area (Å²) in [5.41, 5.74) is 2.86. The van der Waals surface area contributed by atoms with Crippen molar-refractivity contribution in [3.05, 3.63) is 155 Å². The van der Waals surface area contributed by atoms with Gasteiger partial charge in [0.05, 0.1) is 28.2 Å². The molecule has 1 saturated heterocycles. The molecular weight excluding hydrogens is 929 g/mol. The molecule has 10 heteroatoms. The Balaban J connectivity index is 0.907. The molecule has 10 rings (SSSR count). The van der Waals surface area contributed by atoms with E-state index in [0.717, 1.165) is 69.8 Å². The Morgan fingerprint density at radius 2 is 1.19 bits per heavy atom. The molecule has 4 aromatic rings. The van der Waals surface area contributed by atoms with Gasteiger partial charge in [0.15, 0.2) is 12.4 Å². The highest BCUT2D eigenvalue weighted by molar-refractivity contribution is 5.91. The van der Waals surface area contributed by atoms with E-state index in [-0.39, 0.29) is 58.1 Å². The number of carbonyl (C=O) groups is 4. The van der Waals surface area contributed by atoms with Crippen LogP contribution >= 0.6 is 0 Å². The molecule has 1 aliphatic heterocycles. The van der Waals surface area contributed by atoms with Gasteiger partial charge in [-0.3, -0.25) is 4.79 Å². The third-order valence-corrected chi connectivity index (χ3v) is 19.9. The number of carbonyl (C=O) groups excluding carboxylic acids is 4. The summed E-state index contributed by atoms with van der Waals surface area (Å²) in [7, 11) is 0. The molecule has 6 aliphatic rings. The smallest absolute Gasteiger partial charge is 0.338 e. The third-order valence-electron chi connectivity index (χ3n) is 19.9. The van der Waals surface area contributed by atoms with Crippen LogP contribution in [-0.4, -0.2) is 61.2 Å². The number of fused-ring (bicyclic) bond motifs is 7. The van der Waals surface area contributed by atoms with Crippen LogP contribution in [0.15, 0.2) is 133 Å². The molecule has 1 heterocycles. The van der Waals surface area contributed by atoms with E-state index in [1.165, 1.54) is 5.57 Å². The molecule has 10 nitrogen and oxygen atoms in total. The van der Waals surface area contributed by atoms with Gasteiger partial charge < -0.3 is 28.4 Å². The Morgan fingerprint density at radius 3 is 1.82 bits per heavy atom. The van der Waals surface area contributed by atoms with Crippen LogP contribution in [0, 0.1) is 50.2 Å². The normalized spacial score (nSPS) is 34.7. The van der Waals surface area contributed by atoms with Crippen LogP contribution < -0.4 is 0 Å². The van der Waals surface area contributed by atoms with Gasteiger partial charge in [0.1, 0.15) is 25.4 Å². The van der Waals surface area contributed by atoms with Gasteiger partial charge in [-0.1, -0.05) is 145 Å². The van der Waals surface area contributed by atoms with Crippen LogP contribution in [0.5, 0.6) is 0 Å². The van der Waals surface area contributed by atoms with E-state index >= 15 is 0 Å². The number of allylic oxidation sites excluding steroid dienone is 2. The minimum atomic E-state index is -1.13. The molecule has 0 radical (unpaired) electrons. The zero-order valence-electron chi connectivity index (χ0n) is 44.5. The molecule has 5 fully saturated rings. The Morgan fingerprint density at radius 1 is 0.608 bits per heavy atom. The van der Waals surface area contributed by atoms with E-state index in [2.05, 4.69) is 54.5 Å². The molecule has 0 bridgehead atoms. The summed E-state index contributed by atoms with van der Waals surface area (Å²) in [6.07, 6.45) is 7.98. The maximum absolute atomic E-state index is 14.6. The van der Waals surface area contributed by atoms with E-state index in [1.54, 1.807) is 72.8 Å². The summed E-state index contributed by atoms with van der Waals surface area (Å²) in [5, 5.41) is 0. The van der Waals surface area contributed by atoms with Crippen molar-refractivity contribution >= 4 is 23.9 Å². The molecule has 392 valence electrons. The highest BCUT2D eigenvalue weighted by Crippen LogP contribution is 2.76. The fourth-order valence-corrected chi connectivity index (χ4v) is 15.6. The Kier molecular flexibility index (Phi) is 14.1. The first kappa shape index (κ1) is 51.9. The van der Waals surface area contributed by atoms with Crippen molar-refractivity contribution in [2.75, 3.05) is 6.61 Å². The van der Waals surface area contributed by atoms with Crippen molar-refractivity contribution in [1.82, 2.24) is 0 Å². The van der Waals surface area contributed by atoms with Gasteiger partial charge in [-0.25, -0.2) is 14.4 Å². The van der Waals surface area contributed by atoms with E-state index in [0.29, 0.717) is 35.1 Å². The zero-order valence-corrected chi connectivity index (χ0v) is 44.5. The number of hydrogen-bond acceptors (Lipinski definition) is 10. The summed E-state index contributed by atoms with van der Waals surface area (Å²) < 4.78 is 38.7. The number of rotatable bonds is 12. The van der Waals surface area contributed by atoms with Crippen LogP contribution in [0.25, 0.3) is 0 Å². The molecular formula is C64H76O10. The van der Waals surface area contributed by atoms with Crippen molar-refractivity contribution < 1.29 is 47.6 Å². The quantitative estimate of drug-likeness (QED) is 0.0586. The molecule has 12 atom stereocenters. The van der Waals surface area contributed by atoms with Crippen molar-refractivity contribution in [1.29, 1.82) is 0 Å². The molecule has 5 aliphatic carbocycles. The largest absolute Gasteiger partial charge is 0.460 e. The first-order valence-electron chi connectivity index (χ1n) is 27.3. The lowest BCUT2D eigenvalue weighted by atomic mass is 9.33. The van der Waals surface area contributed by atoms with Crippen LogP contribution in [0.3, 0.4) is 0 Å². The van der Waals surface area contributed by atoms with Crippen molar-refractivity contribution in [3.63, 3.8) is 0 Å². The van der Waals surface area contributed by atoms with Crippen molar-refractivity contribution in [3.8, 4) is 0 Å². The van der Waals surface area contributed by atoms with Gasteiger partial charge in [-0.2, -0.15) is 0 Å². The molecule has 0 amide bonds. The topological polar surface area (TPSA) is 124 Å². The predicted octanol–water partition coefficient (Wildman–Crippen LogP) is 13.3. The summed E-state index contributed by atoms with van der Waals surface area (Å²) in [6, 6.07) is 36.1. The van der Waals surface area contributed by atoms with E-state index in [9.17, 15) is 19.2 Å². The summed E-state index contributed by atoms with van der Waals surface area (Å²) in [6.45, 7) is 17.2. The summed E-state index contributed by atoms with van der Waals surface area (Å²) in [4.78, 5) is 55.7. The standard InChI is InChI=1S/C64H76O10/c1-59(2)34-36-64(58(68)70-40-42-20-12-8-13-21-42)37-35-62(6)46(47(64)39-59)28-29-51-61(5)32-31-52(60(3,4)50(61)30-33-63(51,62)7)73-53-38-48(72-56(66)44-24-16-10-17-25-44)54(74-57(67)45-26-18-11-19-27-45)49(71-53)41-69-55(65)43-22-14-9-15-23-43/h8-28,47-54H,29-41H2,1-7H3/t47-,48+,49+,50?,51?,52-,53-,54-,61-,62+,63+,64-/m0/s1. The first-order chi connectivity index (χ1) is 35.4. The van der Waals surface area contributed by atoms with E-state index < -0.39 is 47.9 Å². The van der Waals surface area contributed by atoms with Gasteiger partial charge in [0, 0.05) is 6.42 Å². The number of ether oxygens (including phenoxy) is 6. The second-order valence-corrected chi connectivity index (χ2v) is 24.8. The molecule has 4 aromatic carbocycles. The number of esters is 4. The maximum atomic E-state index is 14.6. The maximum Gasteiger partial charge on any atom is 0.338 e. The van der Waals surface area contributed by atoms with Crippen molar-refractivity contribution in [2.24, 2.45) is 50.2 Å². The minimum absolute atomic E-state index is 0.00245. The highest BCUT2D eigenvalue weighted by atomic mass is 16.7. The molecule has 0 spiro atoms. The van der Waals surface area contributed by atoms with Crippen LogP contribution in [0.2, 0.25) is 0 Å². The summed E-state index contributed by atoms with van der Waals surface area (Å²) in [5.74, 6) is -0.871. The lowest BCUT2D eigenvalue weighted by molar-refractivity contribution is -0.296. The van der Waals surface area contributed by atoms with Crippen LogP contribution in [-0.2, 0) is 39.8 Å². The summed E-state index contributed by atoms with van der Waals surface area (Å²) >= 11 is 0. The zero-order chi connectivity index (χ0) is 52.1. The van der Waals surface area contributed by atoms with E-state index in [1.807, 2.05) is 48.5 Å². The highest BCUT2D eigenvalue weighted by Gasteiger charge is 2.70. The average Bonchev–Trinajstić information content (AvgIpc) is 3.42. The lowest BCUT2D eigenvalue weighted by Crippen LogP contribution is -2.65. The fourth-order valence-electron chi connectivity index (χ4n) is 15.6. The predicted molar refractivity (Wildman–Crippen MR) is 281 cm³/mol. The first-order valence-corrected chi connectivity index (χ1v) is 27.3. The number of hydrogen-bond donors (Lipinski definition) is 0. The SMILES string of the molecule is CC1(C)CC[C@]2(C(=O)OCc3ccccc3)CC[C@]3(C)C(=CCC4[C@@]5(C)CC[C@H](O[C@H]6C[C@@H](OC(=O)c7ccccc7)[C@H](OC(=O)c7ccccc7)[C@@H](COC(=O)c7ccccc7)O6)C(C)(C)C5CC[C@]43C)[C@@H]2C1. The molecule has 74 heavy (non-hydrogen) atoms. The van der Waals surface area contributed by atoms with Crippen LogP contribution in [0.4, 0.5) is 0 Å².